The van der Waals surface area contributed by atoms with Crippen LogP contribution in [0, 0.1) is 18.7 Å². The van der Waals surface area contributed by atoms with Crippen LogP contribution in [0.25, 0.3) is 0 Å². The van der Waals surface area contributed by atoms with E-state index in [0.717, 1.165) is 42.1 Å². The zero-order valence-corrected chi connectivity index (χ0v) is 14.7. The summed E-state index contributed by atoms with van der Waals surface area (Å²) in [7, 11) is 0. The quantitative estimate of drug-likeness (QED) is 0.710. The Morgan fingerprint density at radius 2 is 2.04 bits per heavy atom. The maximum Gasteiger partial charge on any atom is 0.212 e. The number of aryl methyl sites for hydroxylation is 2. The third kappa shape index (κ3) is 4.16. The van der Waals surface area contributed by atoms with E-state index >= 15 is 0 Å². The van der Waals surface area contributed by atoms with Crippen LogP contribution in [0.3, 0.4) is 0 Å². The molecule has 0 atom stereocenters. The first kappa shape index (κ1) is 17.0. The summed E-state index contributed by atoms with van der Waals surface area (Å²) in [5.74, 6) is 1.36. The molecule has 1 aromatic heterocycles. The minimum Gasteiger partial charge on any atom is -0.473 e. The molecule has 0 saturated heterocycles. The van der Waals surface area contributed by atoms with Crippen LogP contribution in [0.5, 0.6) is 5.88 Å². The molecule has 0 amide bonds. The summed E-state index contributed by atoms with van der Waals surface area (Å²) in [5.41, 5.74) is 3.04. The highest BCUT2D eigenvalue weighted by Crippen LogP contribution is 2.28. The maximum atomic E-state index is 13.2. The second kappa shape index (κ2) is 7.82. The second-order valence-electron chi connectivity index (χ2n) is 6.92. The van der Waals surface area contributed by atoms with Gasteiger partial charge in [-0.2, -0.15) is 5.10 Å². The lowest BCUT2D eigenvalue weighted by atomic mass is 10.1. The molecule has 0 N–H and O–H groups in total. The van der Waals surface area contributed by atoms with Crippen molar-refractivity contribution in [1.82, 2.24) is 9.78 Å². The molecule has 1 aliphatic carbocycles. The van der Waals surface area contributed by atoms with Crippen molar-refractivity contribution in [2.75, 3.05) is 0 Å². The molecule has 1 heterocycles. The van der Waals surface area contributed by atoms with E-state index < -0.39 is 0 Å². The summed E-state index contributed by atoms with van der Waals surface area (Å²) in [6.07, 6.45) is 7.30. The Kier molecular flexibility index (Phi) is 5.54. The van der Waals surface area contributed by atoms with Gasteiger partial charge in [0, 0.05) is 12.6 Å². The molecule has 0 spiro atoms. The highest BCUT2D eigenvalue weighted by Gasteiger charge is 2.19. The molecule has 0 bridgehead atoms. The maximum absolute atomic E-state index is 13.2. The number of hydrogen-bond donors (Lipinski definition) is 0. The van der Waals surface area contributed by atoms with Crippen molar-refractivity contribution in [3.63, 3.8) is 0 Å². The average Bonchev–Trinajstić information content (AvgIpc) is 3.18. The van der Waals surface area contributed by atoms with Crippen molar-refractivity contribution in [2.24, 2.45) is 5.92 Å². The zero-order chi connectivity index (χ0) is 16.9. The molecule has 1 aromatic carbocycles. The summed E-state index contributed by atoms with van der Waals surface area (Å²) in [4.78, 5) is 0. The summed E-state index contributed by atoms with van der Waals surface area (Å²) >= 11 is 0. The fourth-order valence-corrected chi connectivity index (χ4v) is 3.49. The summed E-state index contributed by atoms with van der Waals surface area (Å²) in [6, 6.07) is 6.91. The number of aromatic nitrogens is 2. The molecule has 1 aliphatic rings. The van der Waals surface area contributed by atoms with E-state index in [4.69, 9.17) is 9.84 Å². The summed E-state index contributed by atoms with van der Waals surface area (Å²) < 4.78 is 21.3. The summed E-state index contributed by atoms with van der Waals surface area (Å²) in [5, 5.41) is 4.74. The molecule has 4 heteroatoms. The standard InChI is InChI=1S/C20H27FN2O/c1-3-6-19-12-20(23(22-19)13-16-7-4-5-8-16)24-14-17-9-10-18(21)11-15(17)2/h9-12,16H,3-8,13-14H2,1-2H3. The van der Waals surface area contributed by atoms with Gasteiger partial charge in [0.2, 0.25) is 5.88 Å². The Morgan fingerprint density at radius 1 is 1.25 bits per heavy atom. The number of rotatable bonds is 7. The molecule has 0 unspecified atom stereocenters. The first-order valence-electron chi connectivity index (χ1n) is 9.10. The van der Waals surface area contributed by atoms with E-state index in [9.17, 15) is 4.39 Å². The van der Waals surface area contributed by atoms with Crippen molar-refractivity contribution in [1.29, 1.82) is 0 Å². The van der Waals surface area contributed by atoms with Crippen LogP contribution in [0.1, 0.15) is 55.8 Å². The van der Waals surface area contributed by atoms with Crippen LogP contribution in [-0.4, -0.2) is 9.78 Å². The Hall–Kier alpha value is -1.84. The molecule has 130 valence electrons. The molecule has 24 heavy (non-hydrogen) atoms. The van der Waals surface area contributed by atoms with Crippen molar-refractivity contribution in [2.45, 2.75) is 65.5 Å². The van der Waals surface area contributed by atoms with Gasteiger partial charge in [0.25, 0.3) is 0 Å². The second-order valence-corrected chi connectivity index (χ2v) is 6.92. The van der Waals surface area contributed by atoms with E-state index in [-0.39, 0.29) is 5.82 Å². The van der Waals surface area contributed by atoms with Gasteiger partial charge in [-0.1, -0.05) is 32.3 Å². The molecule has 0 radical (unpaired) electrons. The van der Waals surface area contributed by atoms with Crippen molar-refractivity contribution < 1.29 is 9.13 Å². The number of hydrogen-bond acceptors (Lipinski definition) is 2. The predicted molar refractivity (Wildman–Crippen MR) is 93.6 cm³/mol. The van der Waals surface area contributed by atoms with Gasteiger partial charge >= 0.3 is 0 Å². The molecule has 3 nitrogen and oxygen atoms in total. The van der Waals surface area contributed by atoms with Crippen LogP contribution in [0.4, 0.5) is 4.39 Å². The van der Waals surface area contributed by atoms with E-state index in [2.05, 4.69) is 13.0 Å². The highest BCUT2D eigenvalue weighted by atomic mass is 19.1. The Balaban J connectivity index is 1.72. The van der Waals surface area contributed by atoms with Crippen LogP contribution in [-0.2, 0) is 19.6 Å². The lowest BCUT2D eigenvalue weighted by molar-refractivity contribution is 0.261. The van der Waals surface area contributed by atoms with Gasteiger partial charge in [0.05, 0.1) is 5.69 Å². The Bertz CT molecular complexity index is 674. The number of benzene rings is 1. The van der Waals surface area contributed by atoms with E-state index in [1.54, 1.807) is 12.1 Å². The van der Waals surface area contributed by atoms with E-state index in [1.165, 1.54) is 31.7 Å². The largest absolute Gasteiger partial charge is 0.473 e. The van der Waals surface area contributed by atoms with Gasteiger partial charge in [0.1, 0.15) is 12.4 Å². The highest BCUT2D eigenvalue weighted by molar-refractivity contribution is 5.26. The lowest BCUT2D eigenvalue weighted by Gasteiger charge is -2.13. The Morgan fingerprint density at radius 3 is 2.75 bits per heavy atom. The van der Waals surface area contributed by atoms with Gasteiger partial charge in [-0.25, -0.2) is 9.07 Å². The minimum absolute atomic E-state index is 0.201. The molecular formula is C20H27FN2O. The SMILES string of the molecule is CCCc1cc(OCc2ccc(F)cc2C)n(CC2CCCC2)n1. The number of nitrogens with zero attached hydrogens (tertiary/aromatic N) is 2. The van der Waals surface area contributed by atoms with Gasteiger partial charge in [0.15, 0.2) is 0 Å². The van der Waals surface area contributed by atoms with Crippen LogP contribution >= 0.6 is 0 Å². The number of halogens is 1. The lowest BCUT2D eigenvalue weighted by Crippen LogP contribution is -2.11. The zero-order valence-electron chi connectivity index (χ0n) is 14.7. The third-order valence-corrected chi connectivity index (χ3v) is 4.89. The normalized spacial score (nSPS) is 15.1. The molecule has 0 aliphatic heterocycles. The first-order chi connectivity index (χ1) is 11.7. The van der Waals surface area contributed by atoms with Crippen LogP contribution in [0.15, 0.2) is 24.3 Å². The van der Waals surface area contributed by atoms with Crippen LogP contribution in [0.2, 0.25) is 0 Å². The average molecular weight is 330 g/mol. The monoisotopic (exact) mass is 330 g/mol. The minimum atomic E-state index is -0.201. The van der Waals surface area contributed by atoms with Crippen molar-refractivity contribution >= 4 is 0 Å². The molecule has 1 saturated carbocycles. The van der Waals surface area contributed by atoms with Gasteiger partial charge < -0.3 is 4.74 Å². The number of ether oxygens (including phenoxy) is 1. The van der Waals surface area contributed by atoms with E-state index in [0.29, 0.717) is 12.5 Å². The molecule has 3 rings (SSSR count). The van der Waals surface area contributed by atoms with Gasteiger partial charge in [-0.15, -0.1) is 0 Å². The van der Waals surface area contributed by atoms with Crippen molar-refractivity contribution in [3.8, 4) is 5.88 Å². The third-order valence-electron chi connectivity index (χ3n) is 4.89. The molecule has 2 aromatic rings. The first-order valence-corrected chi connectivity index (χ1v) is 9.10. The predicted octanol–water partition coefficient (Wildman–Crippen LogP) is 5.05. The molecule has 1 fully saturated rings. The van der Waals surface area contributed by atoms with Crippen molar-refractivity contribution in [3.05, 3.63) is 46.9 Å². The summed E-state index contributed by atoms with van der Waals surface area (Å²) in [6.45, 7) is 5.48. The fourth-order valence-electron chi connectivity index (χ4n) is 3.49. The fraction of sp³-hybridized carbons (Fsp3) is 0.550. The van der Waals surface area contributed by atoms with Gasteiger partial charge in [-0.05, 0) is 55.4 Å². The topological polar surface area (TPSA) is 27.1 Å². The smallest absolute Gasteiger partial charge is 0.212 e. The van der Waals surface area contributed by atoms with Gasteiger partial charge in [-0.3, -0.25) is 0 Å². The molecular weight excluding hydrogens is 303 g/mol. The van der Waals surface area contributed by atoms with E-state index in [1.807, 2.05) is 11.6 Å². The van der Waals surface area contributed by atoms with Crippen LogP contribution < -0.4 is 4.74 Å². The Labute approximate surface area is 143 Å².